The van der Waals surface area contributed by atoms with E-state index in [0.717, 1.165) is 56.1 Å². The lowest BCUT2D eigenvalue weighted by Crippen LogP contribution is -2.40. The van der Waals surface area contributed by atoms with E-state index >= 15 is 0 Å². The minimum atomic E-state index is 0.742. The smallest absolute Gasteiger partial charge is 0.193 e. The van der Waals surface area contributed by atoms with Crippen molar-refractivity contribution in [2.75, 3.05) is 39.8 Å². The predicted molar refractivity (Wildman–Crippen MR) is 95.8 cm³/mol. The van der Waals surface area contributed by atoms with Crippen molar-refractivity contribution in [2.45, 2.75) is 40.7 Å². The lowest BCUT2D eigenvalue weighted by molar-refractivity contribution is 0.255. The SMILES string of the molecule is CCN(CC)CC1CCN(C(=NC)NCc2cc(C)oc2C)C1. The fourth-order valence-corrected chi connectivity index (χ4v) is 3.39. The van der Waals surface area contributed by atoms with Crippen molar-refractivity contribution in [1.29, 1.82) is 0 Å². The normalized spacial score (nSPS) is 19.0. The monoisotopic (exact) mass is 320 g/mol. The zero-order chi connectivity index (χ0) is 16.8. The standard InChI is InChI=1S/C18H32N4O/c1-6-21(7-2)12-16-8-9-22(13-16)18(19-5)20-11-17-10-14(3)23-15(17)4/h10,16H,6-9,11-13H2,1-5H3,(H,19,20). The Hall–Kier alpha value is -1.49. The summed E-state index contributed by atoms with van der Waals surface area (Å²) in [6.45, 7) is 14.9. The molecule has 1 fully saturated rings. The van der Waals surface area contributed by atoms with E-state index in [1.54, 1.807) is 0 Å². The average Bonchev–Trinajstić information content (AvgIpc) is 3.12. The first-order valence-corrected chi connectivity index (χ1v) is 8.81. The van der Waals surface area contributed by atoms with E-state index in [1.165, 1.54) is 18.5 Å². The molecule has 1 unspecified atom stereocenters. The molecule has 2 rings (SSSR count). The van der Waals surface area contributed by atoms with Crippen molar-refractivity contribution in [1.82, 2.24) is 15.1 Å². The predicted octanol–water partition coefficient (Wildman–Crippen LogP) is 2.64. The van der Waals surface area contributed by atoms with Crippen LogP contribution in [0.5, 0.6) is 0 Å². The zero-order valence-electron chi connectivity index (χ0n) is 15.4. The molecule has 0 radical (unpaired) electrons. The number of nitrogens with one attached hydrogen (secondary N) is 1. The second-order valence-electron chi connectivity index (χ2n) is 6.43. The van der Waals surface area contributed by atoms with Crippen molar-refractivity contribution in [3.8, 4) is 0 Å². The van der Waals surface area contributed by atoms with Crippen molar-refractivity contribution in [3.05, 3.63) is 23.2 Å². The number of aryl methyl sites for hydroxylation is 2. The van der Waals surface area contributed by atoms with E-state index in [1.807, 2.05) is 20.9 Å². The summed E-state index contributed by atoms with van der Waals surface area (Å²) in [5, 5.41) is 3.49. The van der Waals surface area contributed by atoms with Gasteiger partial charge in [0.15, 0.2) is 5.96 Å². The van der Waals surface area contributed by atoms with E-state index in [0.29, 0.717) is 0 Å². The molecule has 5 nitrogen and oxygen atoms in total. The molecule has 1 saturated heterocycles. The summed E-state index contributed by atoms with van der Waals surface area (Å²) in [5.74, 6) is 3.71. The van der Waals surface area contributed by atoms with Gasteiger partial charge in [0, 0.05) is 38.8 Å². The highest BCUT2D eigenvalue weighted by Crippen LogP contribution is 2.18. The van der Waals surface area contributed by atoms with Gasteiger partial charge in [-0.25, -0.2) is 0 Å². The molecule has 1 aromatic heterocycles. The molecular weight excluding hydrogens is 288 g/mol. The van der Waals surface area contributed by atoms with Crippen LogP contribution >= 0.6 is 0 Å². The van der Waals surface area contributed by atoms with Gasteiger partial charge in [0.1, 0.15) is 11.5 Å². The van der Waals surface area contributed by atoms with Crippen LogP contribution in [0.1, 0.15) is 37.4 Å². The lowest BCUT2D eigenvalue weighted by atomic mass is 10.1. The summed E-state index contributed by atoms with van der Waals surface area (Å²) in [7, 11) is 1.87. The van der Waals surface area contributed by atoms with Crippen LogP contribution in [0.25, 0.3) is 0 Å². The summed E-state index contributed by atoms with van der Waals surface area (Å²) in [4.78, 5) is 9.36. The zero-order valence-corrected chi connectivity index (χ0v) is 15.4. The van der Waals surface area contributed by atoms with Crippen LogP contribution in [0.15, 0.2) is 15.5 Å². The molecule has 1 atom stereocenters. The number of furan rings is 1. The second-order valence-corrected chi connectivity index (χ2v) is 6.43. The summed E-state index contributed by atoms with van der Waals surface area (Å²) < 4.78 is 5.59. The molecule has 5 heteroatoms. The van der Waals surface area contributed by atoms with E-state index < -0.39 is 0 Å². The first-order chi connectivity index (χ1) is 11.1. The lowest BCUT2D eigenvalue weighted by Gasteiger charge is -2.24. The van der Waals surface area contributed by atoms with Gasteiger partial charge in [0.25, 0.3) is 0 Å². The van der Waals surface area contributed by atoms with Gasteiger partial charge >= 0.3 is 0 Å². The molecule has 1 aromatic rings. The summed E-state index contributed by atoms with van der Waals surface area (Å²) in [6, 6.07) is 2.10. The van der Waals surface area contributed by atoms with Crippen LogP contribution in [0.3, 0.4) is 0 Å². The first-order valence-electron chi connectivity index (χ1n) is 8.81. The van der Waals surface area contributed by atoms with Crippen LogP contribution < -0.4 is 5.32 Å². The molecule has 1 aliphatic heterocycles. The molecule has 0 spiro atoms. The topological polar surface area (TPSA) is 44.0 Å². The van der Waals surface area contributed by atoms with Gasteiger partial charge in [-0.05, 0) is 45.3 Å². The number of aliphatic imine (C=N–C) groups is 1. The van der Waals surface area contributed by atoms with Crippen LogP contribution in [0, 0.1) is 19.8 Å². The molecule has 0 aliphatic carbocycles. The Morgan fingerprint density at radius 2 is 2.13 bits per heavy atom. The Kier molecular flexibility index (Phi) is 6.51. The molecule has 0 amide bonds. The number of rotatable bonds is 6. The molecule has 2 heterocycles. The molecule has 0 aromatic carbocycles. The third kappa shape index (κ3) is 4.74. The fourth-order valence-electron chi connectivity index (χ4n) is 3.39. The minimum absolute atomic E-state index is 0.742. The Labute approximate surface area is 140 Å². The van der Waals surface area contributed by atoms with Crippen molar-refractivity contribution in [2.24, 2.45) is 10.9 Å². The highest BCUT2D eigenvalue weighted by atomic mass is 16.3. The molecule has 0 bridgehead atoms. The number of hydrogen-bond donors (Lipinski definition) is 1. The minimum Gasteiger partial charge on any atom is -0.466 e. The number of nitrogens with zero attached hydrogens (tertiary/aromatic N) is 3. The van der Waals surface area contributed by atoms with Crippen LogP contribution in [0.2, 0.25) is 0 Å². The average molecular weight is 320 g/mol. The number of hydrogen-bond acceptors (Lipinski definition) is 3. The molecule has 23 heavy (non-hydrogen) atoms. The van der Waals surface area contributed by atoms with Crippen molar-refractivity contribution >= 4 is 5.96 Å². The highest BCUT2D eigenvalue weighted by molar-refractivity contribution is 5.80. The number of guanidine groups is 1. The van der Waals surface area contributed by atoms with E-state index in [-0.39, 0.29) is 0 Å². The maximum atomic E-state index is 5.59. The van der Waals surface area contributed by atoms with Crippen molar-refractivity contribution in [3.63, 3.8) is 0 Å². The third-order valence-electron chi connectivity index (χ3n) is 4.79. The molecule has 0 saturated carbocycles. The quantitative estimate of drug-likeness (QED) is 0.646. The van der Waals surface area contributed by atoms with Gasteiger partial charge in [-0.1, -0.05) is 13.8 Å². The fraction of sp³-hybridized carbons (Fsp3) is 0.722. The van der Waals surface area contributed by atoms with Crippen LogP contribution in [0.4, 0.5) is 0 Å². The van der Waals surface area contributed by atoms with Gasteiger partial charge in [-0.3, -0.25) is 4.99 Å². The summed E-state index contributed by atoms with van der Waals surface area (Å²) in [6.07, 6.45) is 1.25. The second kappa shape index (κ2) is 8.39. The van der Waals surface area contributed by atoms with Crippen molar-refractivity contribution < 1.29 is 4.42 Å². The molecular formula is C18H32N4O. The first kappa shape index (κ1) is 17.9. The Balaban J connectivity index is 1.86. The third-order valence-corrected chi connectivity index (χ3v) is 4.79. The summed E-state index contributed by atoms with van der Waals surface area (Å²) >= 11 is 0. The summed E-state index contributed by atoms with van der Waals surface area (Å²) in [5.41, 5.74) is 1.21. The molecule has 130 valence electrons. The van der Waals surface area contributed by atoms with Crippen LogP contribution in [-0.2, 0) is 6.54 Å². The van der Waals surface area contributed by atoms with E-state index in [2.05, 4.69) is 40.0 Å². The molecule has 1 aliphatic rings. The largest absolute Gasteiger partial charge is 0.466 e. The highest BCUT2D eigenvalue weighted by Gasteiger charge is 2.26. The van der Waals surface area contributed by atoms with E-state index in [4.69, 9.17) is 4.42 Å². The van der Waals surface area contributed by atoms with Crippen LogP contribution in [-0.4, -0.2) is 55.5 Å². The number of likely N-dealkylation sites (tertiary alicyclic amines) is 1. The van der Waals surface area contributed by atoms with Gasteiger partial charge in [-0.15, -0.1) is 0 Å². The Morgan fingerprint density at radius 3 is 2.70 bits per heavy atom. The van der Waals surface area contributed by atoms with Gasteiger partial charge in [0.05, 0.1) is 0 Å². The Morgan fingerprint density at radius 1 is 1.39 bits per heavy atom. The maximum Gasteiger partial charge on any atom is 0.193 e. The van der Waals surface area contributed by atoms with Gasteiger partial charge in [0.2, 0.25) is 0 Å². The van der Waals surface area contributed by atoms with Gasteiger partial charge in [-0.2, -0.15) is 0 Å². The molecule has 1 N–H and O–H groups in total. The maximum absolute atomic E-state index is 5.59. The Bertz CT molecular complexity index is 519. The van der Waals surface area contributed by atoms with E-state index in [9.17, 15) is 0 Å². The van der Waals surface area contributed by atoms with Gasteiger partial charge < -0.3 is 19.5 Å².